The second kappa shape index (κ2) is 9.02. The van der Waals surface area contributed by atoms with Gasteiger partial charge in [0.25, 0.3) is 0 Å². The number of rotatable bonds is 3. The lowest BCUT2D eigenvalue weighted by molar-refractivity contribution is -0.125. The van der Waals surface area contributed by atoms with Crippen molar-refractivity contribution in [3.8, 4) is 0 Å². The van der Waals surface area contributed by atoms with E-state index in [1.807, 2.05) is 0 Å². The van der Waals surface area contributed by atoms with Crippen LogP contribution in [-0.2, 0) is 19.5 Å². The lowest BCUT2D eigenvalue weighted by Gasteiger charge is -2.48. The first-order chi connectivity index (χ1) is 16.2. The molecule has 0 unspecified atom stereocenters. The van der Waals surface area contributed by atoms with E-state index in [-0.39, 0.29) is 29.0 Å². The van der Waals surface area contributed by atoms with Crippen LogP contribution in [0.1, 0.15) is 78.2 Å². The van der Waals surface area contributed by atoms with Crippen LogP contribution in [0.25, 0.3) is 0 Å². The Bertz CT molecular complexity index is 952. The fraction of sp³-hybridized carbons (Fsp3) is 0.741. The fourth-order valence-corrected chi connectivity index (χ4v) is 6.78. The number of benzene rings is 1. The number of nitrogens with zero attached hydrogens (tertiary/aromatic N) is 2. The van der Waals surface area contributed by atoms with E-state index in [9.17, 15) is 4.79 Å². The van der Waals surface area contributed by atoms with Crippen molar-refractivity contribution in [3.63, 3.8) is 0 Å². The van der Waals surface area contributed by atoms with Gasteiger partial charge >= 0.3 is 7.12 Å². The number of halogens is 1. The highest BCUT2D eigenvalue weighted by molar-refractivity contribution is 6.62. The molecule has 1 aromatic rings. The molecular weight excluding hydrogens is 461 g/mol. The largest absolute Gasteiger partial charge is 0.494 e. The Hall–Kier alpha value is -1.12. The van der Waals surface area contributed by atoms with Crippen LogP contribution in [0.15, 0.2) is 18.2 Å². The topological polar surface area (TPSA) is 54.0 Å². The number of likely N-dealkylation sites (tertiary alicyclic amines) is 1. The summed E-state index contributed by atoms with van der Waals surface area (Å²) in [4.78, 5) is 19.0. The summed E-state index contributed by atoms with van der Waals surface area (Å²) in [6.07, 6.45) is 7.96. The number of carbonyl (C=O) groups excluding carboxylic acids is 1. The van der Waals surface area contributed by atoms with Crippen LogP contribution < -0.4 is 15.7 Å². The van der Waals surface area contributed by atoms with Gasteiger partial charge in [0.05, 0.1) is 16.6 Å². The Morgan fingerprint density at radius 1 is 0.943 bits per heavy atom. The summed E-state index contributed by atoms with van der Waals surface area (Å²) in [5.74, 6) is 0.331. The van der Waals surface area contributed by atoms with Crippen LogP contribution in [0.2, 0.25) is 0 Å². The van der Waals surface area contributed by atoms with Gasteiger partial charge in [0.1, 0.15) is 0 Å². The molecule has 1 spiro atoms. The molecule has 0 atom stereocenters. The number of nitrogens with one attached hydrogen (secondary N) is 1. The summed E-state index contributed by atoms with van der Waals surface area (Å²) in [7, 11) is -0.403. The number of amides is 1. The van der Waals surface area contributed by atoms with E-state index in [4.69, 9.17) is 9.31 Å². The van der Waals surface area contributed by atoms with Crippen LogP contribution in [0.3, 0.4) is 0 Å². The van der Waals surface area contributed by atoms with Crippen molar-refractivity contribution in [2.24, 2.45) is 0 Å². The van der Waals surface area contributed by atoms with Crippen molar-refractivity contribution in [1.29, 1.82) is 0 Å². The van der Waals surface area contributed by atoms with E-state index in [1.54, 1.807) is 0 Å². The third-order valence-corrected chi connectivity index (χ3v) is 9.77. The summed E-state index contributed by atoms with van der Waals surface area (Å²) in [5, 5.41) is 3.47. The summed E-state index contributed by atoms with van der Waals surface area (Å²) >= 11 is 0. The molecule has 1 amide bonds. The molecule has 4 aliphatic heterocycles. The van der Waals surface area contributed by atoms with Gasteiger partial charge in [-0.15, -0.1) is 12.4 Å². The maximum absolute atomic E-state index is 14.1. The van der Waals surface area contributed by atoms with E-state index in [0.717, 1.165) is 49.9 Å². The molecule has 5 aliphatic rings. The standard InChI is InChI=1S/C27H40BN3O3.ClH/c1-25(2)26(3,4)34-28(33-25)19-8-9-22-23(16-19)31(24(32)27(22)10-12-29-13-11-27)21-17-20(18-21)30-14-6-5-7-15-30;/h8-9,16,20-21,29H,5-7,10-15,17-18H2,1-4H3;1H/t20-,21+;. The minimum Gasteiger partial charge on any atom is -0.399 e. The maximum atomic E-state index is 14.1. The SMILES string of the molecule is CC1(C)OB(c2ccc3c(c2)N([C@H]2C[C@@H](N4CCCCC4)C2)C(=O)C32CCNCC2)OC1(C)C.Cl. The molecule has 4 fully saturated rings. The first kappa shape index (κ1) is 25.5. The first-order valence-electron chi connectivity index (χ1n) is 13.5. The van der Waals surface area contributed by atoms with Crippen molar-refractivity contribution in [3.05, 3.63) is 23.8 Å². The Kier molecular flexibility index (Phi) is 6.58. The smallest absolute Gasteiger partial charge is 0.399 e. The molecule has 3 saturated heterocycles. The first-order valence-corrected chi connectivity index (χ1v) is 13.5. The Morgan fingerprint density at radius 3 is 2.20 bits per heavy atom. The zero-order valence-corrected chi connectivity index (χ0v) is 22.6. The predicted molar refractivity (Wildman–Crippen MR) is 143 cm³/mol. The van der Waals surface area contributed by atoms with Crippen LogP contribution in [0.5, 0.6) is 0 Å². The van der Waals surface area contributed by atoms with Gasteiger partial charge in [0, 0.05) is 17.8 Å². The summed E-state index contributed by atoms with van der Waals surface area (Å²) in [6.45, 7) is 12.6. The van der Waals surface area contributed by atoms with Gasteiger partial charge in [-0.1, -0.05) is 18.6 Å². The van der Waals surface area contributed by atoms with Crippen molar-refractivity contribution in [2.75, 3.05) is 31.1 Å². The number of anilines is 1. The number of hydrogen-bond donors (Lipinski definition) is 1. The van der Waals surface area contributed by atoms with Gasteiger partial charge in [0.15, 0.2) is 0 Å². The molecule has 35 heavy (non-hydrogen) atoms. The molecule has 1 saturated carbocycles. The highest BCUT2D eigenvalue weighted by Crippen LogP contribution is 2.50. The lowest BCUT2D eigenvalue weighted by Crippen LogP contribution is -2.58. The van der Waals surface area contributed by atoms with Gasteiger partial charge in [-0.3, -0.25) is 4.79 Å². The minimum atomic E-state index is -0.403. The van der Waals surface area contributed by atoms with E-state index < -0.39 is 7.12 Å². The fourth-order valence-electron chi connectivity index (χ4n) is 6.78. The average molecular weight is 502 g/mol. The van der Waals surface area contributed by atoms with Crippen molar-refractivity contribution < 1.29 is 14.1 Å². The second-order valence-corrected chi connectivity index (χ2v) is 12.2. The van der Waals surface area contributed by atoms with Crippen LogP contribution in [0.4, 0.5) is 5.69 Å². The van der Waals surface area contributed by atoms with Gasteiger partial charge in [-0.2, -0.15) is 0 Å². The molecule has 4 heterocycles. The molecule has 1 N–H and O–H groups in total. The van der Waals surface area contributed by atoms with Crippen molar-refractivity contribution >= 4 is 36.6 Å². The molecule has 6 rings (SSSR count). The van der Waals surface area contributed by atoms with E-state index >= 15 is 0 Å². The normalized spacial score (nSPS) is 31.3. The molecule has 6 nitrogen and oxygen atoms in total. The monoisotopic (exact) mass is 501 g/mol. The van der Waals surface area contributed by atoms with Crippen molar-refractivity contribution in [1.82, 2.24) is 10.2 Å². The van der Waals surface area contributed by atoms with Crippen LogP contribution >= 0.6 is 12.4 Å². The molecule has 1 aliphatic carbocycles. The predicted octanol–water partition coefficient (Wildman–Crippen LogP) is 3.39. The van der Waals surface area contributed by atoms with Crippen LogP contribution in [-0.4, -0.2) is 67.4 Å². The molecule has 8 heteroatoms. The van der Waals surface area contributed by atoms with Crippen LogP contribution in [0, 0.1) is 0 Å². The molecular formula is C27H41BClN3O3. The Labute approximate surface area is 217 Å². The van der Waals surface area contributed by atoms with Gasteiger partial charge in [-0.25, -0.2) is 0 Å². The number of fused-ring (bicyclic) bond motifs is 2. The van der Waals surface area contributed by atoms with Gasteiger partial charge in [-0.05, 0) is 109 Å². The molecule has 192 valence electrons. The zero-order valence-electron chi connectivity index (χ0n) is 21.8. The highest BCUT2D eigenvalue weighted by Gasteiger charge is 2.56. The maximum Gasteiger partial charge on any atom is 0.494 e. The number of piperidine rings is 2. The van der Waals surface area contributed by atoms with E-state index in [2.05, 4.69) is 61.0 Å². The van der Waals surface area contributed by atoms with E-state index in [0.29, 0.717) is 18.0 Å². The third kappa shape index (κ3) is 3.97. The Balaban J connectivity index is 0.00000253. The quantitative estimate of drug-likeness (QED) is 0.644. The highest BCUT2D eigenvalue weighted by atomic mass is 35.5. The zero-order chi connectivity index (χ0) is 23.7. The third-order valence-electron chi connectivity index (χ3n) is 9.77. The summed E-state index contributed by atoms with van der Waals surface area (Å²) in [5.41, 5.74) is 2.23. The molecule has 1 aromatic carbocycles. The average Bonchev–Trinajstić information content (AvgIpc) is 3.15. The Morgan fingerprint density at radius 2 is 1.57 bits per heavy atom. The summed E-state index contributed by atoms with van der Waals surface area (Å²) < 4.78 is 12.7. The molecule has 0 aromatic heterocycles. The second-order valence-electron chi connectivity index (χ2n) is 12.2. The number of carbonyl (C=O) groups is 1. The minimum absolute atomic E-state index is 0. The van der Waals surface area contributed by atoms with Gasteiger partial charge < -0.3 is 24.4 Å². The summed E-state index contributed by atoms with van der Waals surface area (Å²) in [6, 6.07) is 7.50. The van der Waals surface area contributed by atoms with Crippen molar-refractivity contribution in [2.45, 2.75) is 101 Å². The molecule has 0 bridgehead atoms. The molecule has 0 radical (unpaired) electrons. The lowest BCUT2D eigenvalue weighted by atomic mass is 9.72. The number of hydrogen-bond acceptors (Lipinski definition) is 5. The van der Waals surface area contributed by atoms with Gasteiger partial charge in [0.2, 0.25) is 5.91 Å². The van der Waals surface area contributed by atoms with E-state index in [1.165, 1.54) is 37.9 Å².